The van der Waals surface area contributed by atoms with Crippen LogP contribution in [0.5, 0.6) is 17.2 Å². The molecule has 0 saturated heterocycles. The number of carbonyl (C=O) groups excluding carboxylic acids is 2. The zero-order valence-electron chi connectivity index (χ0n) is 16.1. The van der Waals surface area contributed by atoms with Gasteiger partial charge in [0.05, 0.1) is 12.7 Å². The predicted molar refractivity (Wildman–Crippen MR) is 104 cm³/mol. The summed E-state index contributed by atoms with van der Waals surface area (Å²) in [6, 6.07) is 11.5. The summed E-state index contributed by atoms with van der Waals surface area (Å²) in [6.07, 6.45) is 4.51. The number of carbonyl (C=O) groups is 2. The van der Waals surface area contributed by atoms with Crippen molar-refractivity contribution in [3.63, 3.8) is 0 Å². The van der Waals surface area contributed by atoms with E-state index in [0.717, 1.165) is 37.0 Å². The fourth-order valence-electron chi connectivity index (χ4n) is 2.62. The highest BCUT2D eigenvalue weighted by Gasteiger charge is 2.11. The van der Waals surface area contributed by atoms with Crippen molar-refractivity contribution < 1.29 is 23.8 Å². The van der Waals surface area contributed by atoms with Gasteiger partial charge in [-0.05, 0) is 61.4 Å². The first kappa shape index (κ1) is 20.5. The first-order valence-electron chi connectivity index (χ1n) is 9.21. The van der Waals surface area contributed by atoms with Gasteiger partial charge in [0.1, 0.15) is 17.2 Å². The molecule has 0 aliphatic rings. The molecule has 0 radical (unpaired) electrons. The summed E-state index contributed by atoms with van der Waals surface area (Å²) >= 11 is 0. The maximum absolute atomic E-state index is 12.3. The minimum absolute atomic E-state index is 0.255. The van der Waals surface area contributed by atoms with Crippen LogP contribution in [0.4, 0.5) is 0 Å². The van der Waals surface area contributed by atoms with Crippen molar-refractivity contribution >= 4 is 11.9 Å². The molecular weight excluding hydrogens is 344 g/mol. The molecule has 2 rings (SSSR count). The van der Waals surface area contributed by atoms with E-state index in [1.54, 1.807) is 49.6 Å². The van der Waals surface area contributed by atoms with Gasteiger partial charge in [0.2, 0.25) is 0 Å². The van der Waals surface area contributed by atoms with Crippen LogP contribution in [-0.2, 0) is 4.79 Å². The molecule has 0 atom stereocenters. The zero-order chi connectivity index (χ0) is 19.6. The largest absolute Gasteiger partial charge is 0.496 e. The highest BCUT2D eigenvalue weighted by molar-refractivity contribution is 5.91. The minimum atomic E-state index is -0.475. The van der Waals surface area contributed by atoms with Crippen LogP contribution in [0.15, 0.2) is 42.5 Å². The molecule has 0 aromatic heterocycles. The second-order valence-electron chi connectivity index (χ2n) is 6.33. The molecule has 0 amide bonds. The number of rotatable bonds is 9. The zero-order valence-corrected chi connectivity index (χ0v) is 16.1. The number of hydrogen-bond donors (Lipinski definition) is 0. The number of methoxy groups -OCH3 is 1. The van der Waals surface area contributed by atoms with Crippen LogP contribution in [0.25, 0.3) is 0 Å². The Morgan fingerprint density at radius 3 is 2.22 bits per heavy atom. The number of ether oxygens (including phenoxy) is 3. The van der Waals surface area contributed by atoms with E-state index in [0.29, 0.717) is 23.5 Å². The van der Waals surface area contributed by atoms with E-state index in [9.17, 15) is 9.59 Å². The SMILES string of the molecule is CCCCCCC(=O)Oc1ccc(C(=O)Oc2ccc(OC)c(C)c2)cc1. The van der Waals surface area contributed by atoms with Crippen molar-refractivity contribution in [3.05, 3.63) is 53.6 Å². The second kappa shape index (κ2) is 10.4. The monoisotopic (exact) mass is 370 g/mol. The smallest absolute Gasteiger partial charge is 0.343 e. The molecule has 0 aliphatic heterocycles. The van der Waals surface area contributed by atoms with Crippen LogP contribution in [-0.4, -0.2) is 19.0 Å². The molecule has 144 valence electrons. The average Bonchev–Trinajstić information content (AvgIpc) is 2.66. The van der Waals surface area contributed by atoms with Gasteiger partial charge in [-0.25, -0.2) is 4.79 Å². The lowest BCUT2D eigenvalue weighted by Gasteiger charge is -2.09. The van der Waals surface area contributed by atoms with E-state index in [4.69, 9.17) is 14.2 Å². The Morgan fingerprint density at radius 2 is 1.59 bits per heavy atom. The molecule has 0 spiro atoms. The van der Waals surface area contributed by atoms with E-state index >= 15 is 0 Å². The molecule has 0 bridgehead atoms. The third-order valence-corrected chi connectivity index (χ3v) is 4.13. The summed E-state index contributed by atoms with van der Waals surface area (Å²) in [4.78, 5) is 24.1. The van der Waals surface area contributed by atoms with Crippen molar-refractivity contribution in [2.75, 3.05) is 7.11 Å². The van der Waals surface area contributed by atoms with Crippen molar-refractivity contribution in [1.82, 2.24) is 0 Å². The lowest BCUT2D eigenvalue weighted by atomic mass is 10.1. The number of esters is 2. The van der Waals surface area contributed by atoms with Crippen molar-refractivity contribution in [2.45, 2.75) is 46.0 Å². The van der Waals surface area contributed by atoms with Gasteiger partial charge >= 0.3 is 11.9 Å². The molecular formula is C22H26O5. The fourth-order valence-corrected chi connectivity index (χ4v) is 2.62. The van der Waals surface area contributed by atoms with Gasteiger partial charge in [-0.3, -0.25) is 4.79 Å². The van der Waals surface area contributed by atoms with Crippen LogP contribution in [0.1, 0.15) is 54.9 Å². The summed E-state index contributed by atoms with van der Waals surface area (Å²) in [6.45, 7) is 4.00. The van der Waals surface area contributed by atoms with Crippen LogP contribution in [0.2, 0.25) is 0 Å². The Morgan fingerprint density at radius 1 is 0.889 bits per heavy atom. The number of unbranched alkanes of at least 4 members (excludes halogenated alkanes) is 3. The molecule has 5 heteroatoms. The van der Waals surface area contributed by atoms with Gasteiger partial charge in [-0.2, -0.15) is 0 Å². The molecule has 0 unspecified atom stereocenters. The summed E-state index contributed by atoms with van der Waals surface area (Å²) in [7, 11) is 1.59. The molecule has 0 N–H and O–H groups in total. The minimum Gasteiger partial charge on any atom is -0.496 e. The van der Waals surface area contributed by atoms with Gasteiger partial charge in [-0.1, -0.05) is 26.2 Å². The third-order valence-electron chi connectivity index (χ3n) is 4.13. The third kappa shape index (κ3) is 6.44. The molecule has 0 aliphatic carbocycles. The lowest BCUT2D eigenvalue weighted by molar-refractivity contribution is -0.134. The molecule has 0 heterocycles. The van der Waals surface area contributed by atoms with Crippen LogP contribution in [0.3, 0.4) is 0 Å². The molecule has 5 nitrogen and oxygen atoms in total. The topological polar surface area (TPSA) is 61.8 Å². The van der Waals surface area contributed by atoms with Gasteiger partial charge in [0, 0.05) is 6.42 Å². The van der Waals surface area contributed by atoms with Gasteiger partial charge in [0.25, 0.3) is 0 Å². The Balaban J connectivity index is 1.89. The standard InChI is InChI=1S/C22H26O5/c1-4-5-6-7-8-21(23)26-18-11-9-17(10-12-18)22(24)27-19-13-14-20(25-3)16(2)15-19/h9-15H,4-8H2,1-3H3. The highest BCUT2D eigenvalue weighted by Crippen LogP contribution is 2.24. The first-order chi connectivity index (χ1) is 13.0. The van der Waals surface area contributed by atoms with Crippen LogP contribution >= 0.6 is 0 Å². The highest BCUT2D eigenvalue weighted by atomic mass is 16.5. The van der Waals surface area contributed by atoms with Crippen LogP contribution < -0.4 is 14.2 Å². The Hall–Kier alpha value is -2.82. The number of aryl methyl sites for hydroxylation is 1. The van der Waals surface area contributed by atoms with E-state index < -0.39 is 5.97 Å². The summed E-state index contributed by atoms with van der Waals surface area (Å²) in [5, 5.41) is 0. The van der Waals surface area contributed by atoms with Gasteiger partial charge in [-0.15, -0.1) is 0 Å². The molecule has 2 aromatic rings. The quantitative estimate of drug-likeness (QED) is 0.349. The van der Waals surface area contributed by atoms with Crippen molar-refractivity contribution in [3.8, 4) is 17.2 Å². The number of benzene rings is 2. The van der Waals surface area contributed by atoms with Gasteiger partial charge in [0.15, 0.2) is 0 Å². The molecule has 0 fully saturated rings. The summed E-state index contributed by atoms with van der Waals surface area (Å²) < 4.78 is 15.8. The van der Waals surface area contributed by atoms with Crippen LogP contribution in [0, 0.1) is 6.92 Å². The normalized spacial score (nSPS) is 10.3. The number of hydrogen-bond acceptors (Lipinski definition) is 5. The average molecular weight is 370 g/mol. The fraction of sp³-hybridized carbons (Fsp3) is 0.364. The van der Waals surface area contributed by atoms with Gasteiger partial charge < -0.3 is 14.2 Å². The molecule has 2 aromatic carbocycles. The molecule has 0 saturated carbocycles. The first-order valence-corrected chi connectivity index (χ1v) is 9.21. The summed E-state index contributed by atoms with van der Waals surface area (Å²) in [5.74, 6) is 0.871. The van der Waals surface area contributed by atoms with E-state index in [1.807, 2.05) is 6.92 Å². The molecule has 27 heavy (non-hydrogen) atoms. The summed E-state index contributed by atoms with van der Waals surface area (Å²) in [5.41, 5.74) is 1.26. The van der Waals surface area contributed by atoms with Crippen molar-refractivity contribution in [1.29, 1.82) is 0 Å². The maximum atomic E-state index is 12.3. The van der Waals surface area contributed by atoms with E-state index in [2.05, 4.69) is 6.92 Å². The lowest BCUT2D eigenvalue weighted by Crippen LogP contribution is -2.10. The predicted octanol–water partition coefficient (Wildman–Crippen LogP) is 5.10. The van der Waals surface area contributed by atoms with E-state index in [1.165, 1.54) is 0 Å². The van der Waals surface area contributed by atoms with Crippen molar-refractivity contribution in [2.24, 2.45) is 0 Å². The Labute approximate surface area is 160 Å². The Kier molecular flexibility index (Phi) is 7.86. The Bertz CT molecular complexity index is 765. The van der Waals surface area contributed by atoms with E-state index in [-0.39, 0.29) is 5.97 Å². The second-order valence-corrected chi connectivity index (χ2v) is 6.33. The maximum Gasteiger partial charge on any atom is 0.343 e.